The molecule has 1 aliphatic carbocycles. The van der Waals surface area contributed by atoms with Gasteiger partial charge in [0.2, 0.25) is 0 Å². The molecule has 1 saturated carbocycles. The second kappa shape index (κ2) is 5.13. The summed E-state index contributed by atoms with van der Waals surface area (Å²) in [7, 11) is 0. The van der Waals surface area contributed by atoms with E-state index in [2.05, 4.69) is 0 Å². The highest BCUT2D eigenvalue weighted by atomic mass is 19.1. The highest BCUT2D eigenvalue weighted by Crippen LogP contribution is 2.35. The number of rotatable bonds is 3. The third kappa shape index (κ3) is 2.56. The fraction of sp³-hybridized carbons (Fsp3) is 0.727. The number of hydrogen-bond donors (Lipinski definition) is 1. The summed E-state index contributed by atoms with van der Waals surface area (Å²) in [6.45, 7) is 1.55. The molecule has 3 atom stereocenters. The molecule has 14 heavy (non-hydrogen) atoms. The van der Waals surface area contributed by atoms with Crippen molar-refractivity contribution < 1.29 is 14.3 Å². The third-order valence-corrected chi connectivity index (χ3v) is 2.98. The Morgan fingerprint density at radius 3 is 2.79 bits per heavy atom. The van der Waals surface area contributed by atoms with Crippen molar-refractivity contribution in [2.75, 3.05) is 6.67 Å². The number of carboxylic acids is 1. The lowest BCUT2D eigenvalue weighted by Crippen LogP contribution is -2.30. The number of alkyl halides is 1. The standard InChI is InChI=1S/C11H17FO2/c1-2-3-9-6-8(7-12)4-5-10(9)11(13)14/h2-3,8-10H,4-7H2,1H3,(H,13,14). The maximum absolute atomic E-state index is 12.4. The number of carbonyl (C=O) groups is 1. The van der Waals surface area contributed by atoms with Crippen LogP contribution in [-0.4, -0.2) is 17.8 Å². The second-order valence-electron chi connectivity index (χ2n) is 3.97. The quantitative estimate of drug-likeness (QED) is 0.711. The molecule has 0 spiro atoms. The summed E-state index contributed by atoms with van der Waals surface area (Å²) in [5.74, 6) is -0.974. The molecule has 3 heteroatoms. The van der Waals surface area contributed by atoms with Gasteiger partial charge in [0.05, 0.1) is 12.6 Å². The van der Waals surface area contributed by atoms with Crippen molar-refractivity contribution in [2.45, 2.75) is 26.2 Å². The Morgan fingerprint density at radius 2 is 2.29 bits per heavy atom. The number of halogens is 1. The van der Waals surface area contributed by atoms with Crippen molar-refractivity contribution in [3.63, 3.8) is 0 Å². The van der Waals surface area contributed by atoms with E-state index >= 15 is 0 Å². The summed E-state index contributed by atoms with van der Waals surface area (Å²) in [5, 5.41) is 8.97. The van der Waals surface area contributed by atoms with Crippen LogP contribution in [0.15, 0.2) is 12.2 Å². The molecule has 0 saturated heterocycles. The van der Waals surface area contributed by atoms with Crippen LogP contribution >= 0.6 is 0 Å². The maximum Gasteiger partial charge on any atom is 0.307 e. The number of aliphatic carboxylic acids is 1. The van der Waals surface area contributed by atoms with Crippen molar-refractivity contribution in [1.82, 2.24) is 0 Å². The topological polar surface area (TPSA) is 37.3 Å². The third-order valence-electron chi connectivity index (χ3n) is 2.98. The van der Waals surface area contributed by atoms with E-state index in [1.54, 1.807) is 0 Å². The van der Waals surface area contributed by atoms with Crippen LogP contribution < -0.4 is 0 Å². The average Bonchev–Trinajstić information content (AvgIpc) is 2.17. The second-order valence-corrected chi connectivity index (χ2v) is 3.97. The van der Waals surface area contributed by atoms with Crippen LogP contribution in [-0.2, 0) is 4.79 Å². The van der Waals surface area contributed by atoms with Gasteiger partial charge >= 0.3 is 5.97 Å². The van der Waals surface area contributed by atoms with Crippen LogP contribution in [0, 0.1) is 17.8 Å². The molecular formula is C11H17FO2. The Morgan fingerprint density at radius 1 is 1.57 bits per heavy atom. The highest BCUT2D eigenvalue weighted by Gasteiger charge is 2.33. The summed E-state index contributed by atoms with van der Waals surface area (Å²) in [6.07, 6.45) is 5.76. The van der Waals surface area contributed by atoms with Crippen molar-refractivity contribution in [3.8, 4) is 0 Å². The van der Waals surface area contributed by atoms with Crippen LogP contribution in [0.3, 0.4) is 0 Å². The molecule has 0 aromatic rings. The van der Waals surface area contributed by atoms with Gasteiger partial charge in [-0.15, -0.1) is 0 Å². The minimum Gasteiger partial charge on any atom is -0.481 e. The zero-order valence-electron chi connectivity index (χ0n) is 8.45. The van der Waals surface area contributed by atoms with Gasteiger partial charge in [-0.25, -0.2) is 0 Å². The molecule has 0 aromatic carbocycles. The first-order valence-electron chi connectivity index (χ1n) is 5.10. The molecule has 0 aromatic heterocycles. The van der Waals surface area contributed by atoms with Gasteiger partial charge in [-0.1, -0.05) is 12.2 Å². The monoisotopic (exact) mass is 200 g/mol. The van der Waals surface area contributed by atoms with Gasteiger partial charge in [0, 0.05) is 0 Å². The van der Waals surface area contributed by atoms with Crippen LogP contribution in [0.2, 0.25) is 0 Å². The zero-order chi connectivity index (χ0) is 10.6. The van der Waals surface area contributed by atoms with Gasteiger partial charge in [0.1, 0.15) is 0 Å². The predicted molar refractivity (Wildman–Crippen MR) is 52.7 cm³/mol. The summed E-state index contributed by atoms with van der Waals surface area (Å²) in [6, 6.07) is 0. The summed E-state index contributed by atoms with van der Waals surface area (Å²) in [4.78, 5) is 10.9. The number of hydrogen-bond acceptors (Lipinski definition) is 1. The highest BCUT2D eigenvalue weighted by molar-refractivity contribution is 5.70. The zero-order valence-corrected chi connectivity index (χ0v) is 8.45. The molecule has 1 N–H and O–H groups in total. The molecular weight excluding hydrogens is 183 g/mol. The molecule has 1 aliphatic rings. The van der Waals surface area contributed by atoms with E-state index in [4.69, 9.17) is 5.11 Å². The van der Waals surface area contributed by atoms with Crippen molar-refractivity contribution in [1.29, 1.82) is 0 Å². The first kappa shape index (κ1) is 11.2. The predicted octanol–water partition coefficient (Wildman–Crippen LogP) is 2.65. The lowest BCUT2D eigenvalue weighted by Gasteiger charge is -2.30. The van der Waals surface area contributed by atoms with E-state index in [0.29, 0.717) is 19.3 Å². The molecule has 3 unspecified atom stereocenters. The van der Waals surface area contributed by atoms with Crippen LogP contribution in [0.1, 0.15) is 26.2 Å². The normalized spacial score (nSPS) is 33.4. The lowest BCUT2D eigenvalue weighted by atomic mass is 9.74. The molecule has 1 rings (SSSR count). The first-order valence-corrected chi connectivity index (χ1v) is 5.10. The molecule has 0 radical (unpaired) electrons. The molecule has 2 nitrogen and oxygen atoms in total. The SMILES string of the molecule is CC=CC1CC(CF)CCC1C(=O)O. The Balaban J connectivity index is 2.65. The first-order chi connectivity index (χ1) is 6.69. The van der Waals surface area contributed by atoms with E-state index in [1.165, 1.54) is 0 Å². The van der Waals surface area contributed by atoms with Crippen LogP contribution in [0.4, 0.5) is 4.39 Å². The lowest BCUT2D eigenvalue weighted by molar-refractivity contribution is -0.144. The van der Waals surface area contributed by atoms with E-state index in [9.17, 15) is 9.18 Å². The molecule has 0 amide bonds. The summed E-state index contributed by atoms with van der Waals surface area (Å²) >= 11 is 0. The largest absolute Gasteiger partial charge is 0.481 e. The number of carboxylic acid groups (broad SMARTS) is 1. The van der Waals surface area contributed by atoms with Crippen molar-refractivity contribution in [2.24, 2.45) is 17.8 Å². The molecule has 0 bridgehead atoms. The molecule has 80 valence electrons. The average molecular weight is 200 g/mol. The molecule has 1 fully saturated rings. The fourth-order valence-corrected chi connectivity index (χ4v) is 2.20. The van der Waals surface area contributed by atoms with Crippen LogP contribution in [0.25, 0.3) is 0 Å². The van der Waals surface area contributed by atoms with Gasteiger partial charge in [-0.3, -0.25) is 9.18 Å². The van der Waals surface area contributed by atoms with Gasteiger partial charge in [0.15, 0.2) is 0 Å². The van der Waals surface area contributed by atoms with E-state index in [0.717, 1.165) is 0 Å². The maximum atomic E-state index is 12.4. The van der Waals surface area contributed by atoms with Gasteiger partial charge in [-0.2, -0.15) is 0 Å². The van der Waals surface area contributed by atoms with E-state index < -0.39 is 5.97 Å². The van der Waals surface area contributed by atoms with E-state index in [-0.39, 0.29) is 24.4 Å². The van der Waals surface area contributed by atoms with Crippen molar-refractivity contribution in [3.05, 3.63) is 12.2 Å². The van der Waals surface area contributed by atoms with Gasteiger partial charge in [-0.05, 0) is 38.0 Å². The Kier molecular flexibility index (Phi) is 4.11. The van der Waals surface area contributed by atoms with Gasteiger partial charge < -0.3 is 5.11 Å². The smallest absolute Gasteiger partial charge is 0.307 e. The molecule has 0 aliphatic heterocycles. The fourth-order valence-electron chi connectivity index (χ4n) is 2.20. The Hall–Kier alpha value is -0.860. The van der Waals surface area contributed by atoms with Crippen LogP contribution in [0.5, 0.6) is 0 Å². The summed E-state index contributed by atoms with van der Waals surface area (Å²) < 4.78 is 12.4. The summed E-state index contributed by atoms with van der Waals surface area (Å²) in [5.41, 5.74) is 0. The minimum absolute atomic E-state index is 0.0204. The number of allylic oxidation sites excluding steroid dienone is 2. The van der Waals surface area contributed by atoms with Crippen molar-refractivity contribution >= 4 is 5.97 Å². The Bertz CT molecular complexity index is 225. The van der Waals surface area contributed by atoms with Gasteiger partial charge in [0.25, 0.3) is 0 Å². The minimum atomic E-state index is -0.745. The van der Waals surface area contributed by atoms with E-state index in [1.807, 2.05) is 19.1 Å². The molecule has 0 heterocycles. The Labute approximate surface area is 83.8 Å².